The van der Waals surface area contributed by atoms with Crippen molar-refractivity contribution >= 4 is 33.9 Å². The van der Waals surface area contributed by atoms with E-state index >= 15 is 0 Å². The molecule has 108 valence electrons. The molecule has 8 heteroatoms. The zero-order valence-corrected chi connectivity index (χ0v) is 12.8. The summed E-state index contributed by atoms with van der Waals surface area (Å²) in [5.74, 6) is -1.29. The van der Waals surface area contributed by atoms with Crippen LogP contribution in [0.3, 0.4) is 0 Å². The Morgan fingerprint density at radius 1 is 1.26 bits per heavy atom. The molecule has 0 aromatic rings. The third kappa shape index (κ3) is 8.20. The van der Waals surface area contributed by atoms with E-state index in [2.05, 4.69) is 31.3 Å². The van der Waals surface area contributed by atoms with Crippen molar-refractivity contribution in [3.63, 3.8) is 0 Å². The van der Waals surface area contributed by atoms with Crippen LogP contribution < -0.4 is 10.6 Å². The van der Waals surface area contributed by atoms with Crippen molar-refractivity contribution in [3.8, 4) is 0 Å². The number of carbonyl (C=O) groups is 3. The summed E-state index contributed by atoms with van der Waals surface area (Å²) in [5, 5.41) is 4.52. The van der Waals surface area contributed by atoms with Crippen LogP contribution in [0, 0.1) is 0 Å². The molecule has 0 bridgehead atoms. The second kappa shape index (κ2) is 7.78. The van der Waals surface area contributed by atoms with Crippen molar-refractivity contribution < 1.29 is 23.9 Å². The molecule has 0 radical (unpaired) electrons. The Morgan fingerprint density at radius 2 is 1.84 bits per heavy atom. The lowest BCUT2D eigenvalue weighted by Crippen LogP contribution is -2.40. The summed E-state index contributed by atoms with van der Waals surface area (Å²) in [6.07, 6.45) is -0.718. The van der Waals surface area contributed by atoms with E-state index in [-0.39, 0.29) is 12.2 Å². The zero-order valence-electron chi connectivity index (χ0n) is 11.2. The molecule has 19 heavy (non-hydrogen) atoms. The number of carbonyl (C=O) groups excluding carboxylic acids is 3. The highest BCUT2D eigenvalue weighted by Crippen LogP contribution is 2.06. The third-order valence-electron chi connectivity index (χ3n) is 1.58. The maximum atomic E-state index is 11.5. The molecule has 2 amide bonds. The number of halogens is 1. The Morgan fingerprint density at radius 3 is 2.26 bits per heavy atom. The number of methoxy groups -OCH3 is 1. The van der Waals surface area contributed by atoms with E-state index in [4.69, 9.17) is 4.74 Å². The van der Waals surface area contributed by atoms with Gasteiger partial charge in [-0.15, -0.1) is 0 Å². The van der Waals surface area contributed by atoms with Gasteiger partial charge in [-0.25, -0.2) is 9.59 Å². The Kier molecular flexibility index (Phi) is 7.13. The molecular weight excluding hydrogens is 320 g/mol. The standard InChI is InChI=1S/C11H17BrN2O5/c1-11(2,3)19-10(17)13-6-8(15)14-7(5-12)9(16)18-4/h5H,6H2,1-4H3,(H,13,17)(H,14,15)/b7-5-. The number of hydrogen-bond donors (Lipinski definition) is 2. The number of esters is 1. The lowest BCUT2D eigenvalue weighted by atomic mass is 10.2. The van der Waals surface area contributed by atoms with Gasteiger partial charge in [0.15, 0.2) is 0 Å². The van der Waals surface area contributed by atoms with Crippen LogP contribution >= 0.6 is 15.9 Å². The van der Waals surface area contributed by atoms with Crippen molar-refractivity contribution in [2.75, 3.05) is 13.7 Å². The largest absolute Gasteiger partial charge is 0.464 e. The minimum absolute atomic E-state index is 0.0708. The monoisotopic (exact) mass is 336 g/mol. The summed E-state index contributed by atoms with van der Waals surface area (Å²) in [4.78, 5) is 35.1. The molecule has 0 aliphatic rings. The van der Waals surface area contributed by atoms with Gasteiger partial charge >= 0.3 is 12.1 Å². The van der Waals surface area contributed by atoms with Gasteiger partial charge in [-0.05, 0) is 20.8 Å². The van der Waals surface area contributed by atoms with E-state index in [1.54, 1.807) is 20.8 Å². The van der Waals surface area contributed by atoms with E-state index < -0.39 is 23.6 Å². The average Bonchev–Trinajstić information content (AvgIpc) is 2.30. The Hall–Kier alpha value is -1.57. The predicted octanol–water partition coefficient (Wildman–Crippen LogP) is 1.04. The molecule has 0 saturated heterocycles. The molecule has 2 N–H and O–H groups in total. The molecule has 0 rings (SSSR count). The van der Waals surface area contributed by atoms with Crippen molar-refractivity contribution in [2.45, 2.75) is 26.4 Å². The quantitative estimate of drug-likeness (QED) is 0.590. The van der Waals surface area contributed by atoms with E-state index in [0.29, 0.717) is 0 Å². The topological polar surface area (TPSA) is 93.7 Å². The molecule has 0 heterocycles. The zero-order chi connectivity index (χ0) is 15.1. The second-order valence-electron chi connectivity index (χ2n) is 4.42. The van der Waals surface area contributed by atoms with E-state index in [1.165, 1.54) is 12.1 Å². The van der Waals surface area contributed by atoms with Crippen LogP contribution in [0.25, 0.3) is 0 Å². The third-order valence-corrected chi connectivity index (χ3v) is 2.04. The van der Waals surface area contributed by atoms with Crippen LogP contribution in [-0.2, 0) is 19.1 Å². The van der Waals surface area contributed by atoms with Crippen LogP contribution in [0.4, 0.5) is 4.79 Å². The van der Waals surface area contributed by atoms with Gasteiger partial charge in [0.2, 0.25) is 5.91 Å². The van der Waals surface area contributed by atoms with Gasteiger partial charge in [0, 0.05) is 4.99 Å². The molecule has 0 aliphatic carbocycles. The molecule has 7 nitrogen and oxygen atoms in total. The summed E-state index contributed by atoms with van der Waals surface area (Å²) >= 11 is 2.92. The first kappa shape index (κ1) is 17.4. The van der Waals surface area contributed by atoms with Gasteiger partial charge < -0.3 is 20.1 Å². The Balaban J connectivity index is 4.20. The number of ether oxygens (including phenoxy) is 2. The predicted molar refractivity (Wildman–Crippen MR) is 71.4 cm³/mol. The van der Waals surface area contributed by atoms with Gasteiger partial charge in [0.25, 0.3) is 0 Å². The molecule has 0 spiro atoms. The van der Waals surface area contributed by atoms with Gasteiger partial charge in [0.1, 0.15) is 17.8 Å². The number of rotatable bonds is 4. The summed E-state index contributed by atoms with van der Waals surface area (Å²) in [6, 6.07) is 0. The average molecular weight is 337 g/mol. The van der Waals surface area contributed by atoms with Crippen molar-refractivity contribution in [3.05, 3.63) is 10.7 Å². The van der Waals surface area contributed by atoms with Gasteiger partial charge in [-0.1, -0.05) is 15.9 Å². The van der Waals surface area contributed by atoms with E-state index in [9.17, 15) is 14.4 Å². The summed E-state index contributed by atoms with van der Waals surface area (Å²) < 4.78 is 9.37. The maximum Gasteiger partial charge on any atom is 0.408 e. The summed E-state index contributed by atoms with van der Waals surface area (Å²) in [5.41, 5.74) is -0.716. The fourth-order valence-corrected chi connectivity index (χ4v) is 1.20. The molecule has 0 saturated carbocycles. The molecule has 0 aliphatic heterocycles. The Bertz CT molecular complexity index is 387. The van der Waals surface area contributed by atoms with Crippen LogP contribution in [-0.4, -0.2) is 37.2 Å². The highest BCUT2D eigenvalue weighted by Gasteiger charge is 2.17. The first-order chi connectivity index (χ1) is 8.69. The highest BCUT2D eigenvalue weighted by atomic mass is 79.9. The molecule has 0 aromatic carbocycles. The van der Waals surface area contributed by atoms with E-state index in [1.807, 2.05) is 0 Å². The maximum absolute atomic E-state index is 11.5. The van der Waals surface area contributed by atoms with Crippen LogP contribution in [0.15, 0.2) is 10.7 Å². The molecule has 0 unspecified atom stereocenters. The summed E-state index contributed by atoms with van der Waals surface area (Å²) in [7, 11) is 1.18. The van der Waals surface area contributed by atoms with E-state index in [0.717, 1.165) is 0 Å². The van der Waals surface area contributed by atoms with Crippen LogP contribution in [0.2, 0.25) is 0 Å². The minimum atomic E-state index is -0.718. The normalized spacial score (nSPS) is 11.5. The lowest BCUT2D eigenvalue weighted by molar-refractivity contribution is -0.137. The molecule has 0 atom stereocenters. The van der Waals surface area contributed by atoms with Gasteiger partial charge in [-0.2, -0.15) is 0 Å². The van der Waals surface area contributed by atoms with Crippen molar-refractivity contribution in [2.24, 2.45) is 0 Å². The molecule has 0 aromatic heterocycles. The first-order valence-electron chi connectivity index (χ1n) is 5.35. The van der Waals surface area contributed by atoms with Crippen molar-refractivity contribution in [1.29, 1.82) is 0 Å². The number of amides is 2. The SMILES string of the molecule is COC(=O)/C(=C/Br)NC(=O)CNC(=O)OC(C)(C)C. The molecule has 0 fully saturated rings. The fraction of sp³-hybridized carbons (Fsp3) is 0.545. The minimum Gasteiger partial charge on any atom is -0.464 e. The number of hydrogen-bond acceptors (Lipinski definition) is 5. The highest BCUT2D eigenvalue weighted by molar-refractivity contribution is 9.11. The van der Waals surface area contributed by atoms with Gasteiger partial charge in [-0.3, -0.25) is 4.79 Å². The first-order valence-corrected chi connectivity index (χ1v) is 6.26. The van der Waals surface area contributed by atoms with Crippen LogP contribution in [0.1, 0.15) is 20.8 Å². The number of alkyl carbamates (subject to hydrolysis) is 1. The smallest absolute Gasteiger partial charge is 0.408 e. The fourth-order valence-electron chi connectivity index (χ4n) is 0.894. The van der Waals surface area contributed by atoms with Gasteiger partial charge in [0.05, 0.1) is 7.11 Å². The van der Waals surface area contributed by atoms with Crippen LogP contribution in [0.5, 0.6) is 0 Å². The lowest BCUT2D eigenvalue weighted by Gasteiger charge is -2.19. The second-order valence-corrected chi connectivity index (χ2v) is 4.88. The Labute approximate surface area is 119 Å². The summed E-state index contributed by atoms with van der Waals surface area (Å²) in [6.45, 7) is 4.79. The van der Waals surface area contributed by atoms with Crippen molar-refractivity contribution in [1.82, 2.24) is 10.6 Å². The number of nitrogens with one attached hydrogen (secondary N) is 2. The molecular formula is C11H17BrN2O5.